The average molecular weight is 400 g/mol. The van der Waals surface area contributed by atoms with E-state index in [-0.39, 0.29) is 17.2 Å². The lowest BCUT2D eigenvalue weighted by Crippen LogP contribution is -2.52. The maximum absolute atomic E-state index is 12.1. The first-order valence-electron chi connectivity index (χ1n) is 9.88. The molecular weight excluding hydrogens is 372 g/mol. The summed E-state index contributed by atoms with van der Waals surface area (Å²) in [6.45, 7) is 8.04. The molecule has 1 aliphatic heterocycles. The van der Waals surface area contributed by atoms with Gasteiger partial charge in [-0.05, 0) is 19.1 Å². The molecule has 0 radical (unpaired) electrons. The molecule has 0 spiro atoms. The molecule has 1 fully saturated rings. The number of nitrogens with zero attached hydrogens (tertiary/aromatic N) is 4. The smallest absolute Gasteiger partial charge is 0.255 e. The summed E-state index contributed by atoms with van der Waals surface area (Å²) < 4.78 is 4.89. The summed E-state index contributed by atoms with van der Waals surface area (Å²) in [7, 11) is 0. The topological polar surface area (TPSA) is 106 Å². The van der Waals surface area contributed by atoms with Gasteiger partial charge in [0.2, 0.25) is 0 Å². The molecular formula is C20H28N6O3. The zero-order valence-electron chi connectivity index (χ0n) is 16.7. The van der Waals surface area contributed by atoms with Crippen LogP contribution in [0.25, 0.3) is 0 Å². The van der Waals surface area contributed by atoms with Gasteiger partial charge in [-0.2, -0.15) is 0 Å². The second kappa shape index (κ2) is 10.5. The lowest BCUT2D eigenvalue weighted by atomic mass is 10.2. The van der Waals surface area contributed by atoms with E-state index in [4.69, 9.17) is 4.52 Å². The van der Waals surface area contributed by atoms with E-state index in [0.717, 1.165) is 50.9 Å². The molecule has 0 atom stereocenters. The predicted octanol–water partition coefficient (Wildman–Crippen LogP) is 0.893. The molecule has 1 amide bonds. The Morgan fingerprint density at radius 3 is 2.69 bits per heavy atom. The van der Waals surface area contributed by atoms with E-state index in [1.807, 2.05) is 13.0 Å². The van der Waals surface area contributed by atoms with Gasteiger partial charge in [0.15, 0.2) is 5.96 Å². The van der Waals surface area contributed by atoms with Crippen LogP contribution < -0.4 is 10.6 Å². The van der Waals surface area contributed by atoms with Crippen molar-refractivity contribution in [2.45, 2.75) is 13.5 Å². The summed E-state index contributed by atoms with van der Waals surface area (Å²) in [5.41, 5.74) is 1.21. The Bertz CT molecular complexity index is 800. The number of hydrogen-bond acceptors (Lipinski definition) is 6. The fourth-order valence-corrected chi connectivity index (χ4v) is 3.18. The monoisotopic (exact) mass is 400 g/mol. The van der Waals surface area contributed by atoms with Crippen molar-refractivity contribution >= 4 is 11.9 Å². The summed E-state index contributed by atoms with van der Waals surface area (Å²) in [5.74, 6) is 0.528. The van der Waals surface area contributed by atoms with E-state index in [0.29, 0.717) is 13.1 Å². The van der Waals surface area contributed by atoms with Crippen LogP contribution in [0.15, 0.2) is 46.1 Å². The molecule has 29 heavy (non-hydrogen) atoms. The largest absolute Gasteiger partial charge is 0.507 e. The summed E-state index contributed by atoms with van der Waals surface area (Å²) in [6.07, 6.45) is 1.60. The molecule has 2 aromatic rings. The molecule has 1 aromatic carbocycles. The lowest BCUT2D eigenvalue weighted by Gasteiger charge is -2.36. The third-order valence-corrected chi connectivity index (χ3v) is 4.69. The van der Waals surface area contributed by atoms with Crippen LogP contribution in [0.2, 0.25) is 0 Å². The van der Waals surface area contributed by atoms with Crippen molar-refractivity contribution in [1.29, 1.82) is 0 Å². The zero-order valence-corrected chi connectivity index (χ0v) is 16.7. The van der Waals surface area contributed by atoms with E-state index in [1.165, 1.54) is 6.07 Å². The van der Waals surface area contributed by atoms with Crippen molar-refractivity contribution in [2.75, 3.05) is 45.8 Å². The van der Waals surface area contributed by atoms with Crippen LogP contribution >= 0.6 is 0 Å². The van der Waals surface area contributed by atoms with Crippen LogP contribution in [0.3, 0.4) is 0 Å². The van der Waals surface area contributed by atoms with Gasteiger partial charge in [-0.15, -0.1) is 0 Å². The Balaban J connectivity index is 1.46. The molecule has 1 aromatic heterocycles. The minimum absolute atomic E-state index is 0.0228. The molecule has 9 heteroatoms. The standard InChI is InChI=1S/C20H28N6O3/c1-2-21-20(23-9-8-22-19(28)17-5-3-4-6-18(17)27)26-12-10-25(11-13-26)15-16-7-14-29-24-16/h3-7,14,27H,2,8-13,15H2,1H3,(H,21,23)(H,22,28). The van der Waals surface area contributed by atoms with Gasteiger partial charge in [-0.3, -0.25) is 14.7 Å². The predicted molar refractivity (Wildman–Crippen MR) is 110 cm³/mol. The minimum Gasteiger partial charge on any atom is -0.507 e. The fourth-order valence-electron chi connectivity index (χ4n) is 3.18. The van der Waals surface area contributed by atoms with E-state index >= 15 is 0 Å². The number of aromatic hydroxyl groups is 1. The van der Waals surface area contributed by atoms with E-state index in [9.17, 15) is 9.90 Å². The number of carbonyl (C=O) groups is 1. The average Bonchev–Trinajstić information content (AvgIpc) is 3.24. The van der Waals surface area contributed by atoms with Gasteiger partial charge in [0.25, 0.3) is 5.91 Å². The second-order valence-electron chi connectivity index (χ2n) is 6.76. The number of phenolic OH excluding ortho intramolecular Hbond substituents is 1. The van der Waals surface area contributed by atoms with Crippen molar-refractivity contribution in [3.63, 3.8) is 0 Å². The lowest BCUT2D eigenvalue weighted by molar-refractivity contribution is 0.0952. The summed E-state index contributed by atoms with van der Waals surface area (Å²) in [4.78, 5) is 21.3. The molecule has 0 unspecified atom stereocenters. The molecule has 1 aliphatic rings. The molecule has 3 N–H and O–H groups in total. The Kier molecular flexibility index (Phi) is 7.46. The fraction of sp³-hybridized carbons (Fsp3) is 0.450. The van der Waals surface area contributed by atoms with Gasteiger partial charge in [0, 0.05) is 51.9 Å². The van der Waals surface area contributed by atoms with Crippen LogP contribution in [0, 0.1) is 0 Å². The number of benzene rings is 1. The summed E-state index contributed by atoms with van der Waals surface area (Å²) in [5, 5.41) is 19.8. The van der Waals surface area contributed by atoms with Gasteiger partial charge in [-0.25, -0.2) is 0 Å². The van der Waals surface area contributed by atoms with Crippen LogP contribution in [0.4, 0.5) is 0 Å². The zero-order chi connectivity index (χ0) is 20.5. The molecule has 156 valence electrons. The third kappa shape index (κ3) is 5.95. The van der Waals surface area contributed by atoms with Crippen molar-refractivity contribution in [3.8, 4) is 5.75 Å². The SMILES string of the molecule is CCNC(=NCCNC(=O)c1ccccc1O)N1CCN(Cc2ccon2)CC1. The number of phenols is 1. The maximum atomic E-state index is 12.1. The van der Waals surface area contributed by atoms with Crippen molar-refractivity contribution < 1.29 is 14.4 Å². The first kappa shape index (κ1) is 20.7. The van der Waals surface area contributed by atoms with E-state index < -0.39 is 0 Å². The number of para-hydroxylation sites is 1. The van der Waals surface area contributed by atoms with Crippen LogP contribution in [0.1, 0.15) is 23.0 Å². The highest BCUT2D eigenvalue weighted by Gasteiger charge is 2.20. The first-order valence-corrected chi connectivity index (χ1v) is 9.88. The quantitative estimate of drug-likeness (QED) is 0.360. The number of nitrogens with one attached hydrogen (secondary N) is 2. The number of hydrogen-bond donors (Lipinski definition) is 3. The highest BCUT2D eigenvalue weighted by molar-refractivity contribution is 5.96. The number of rotatable bonds is 7. The summed E-state index contributed by atoms with van der Waals surface area (Å²) >= 11 is 0. The molecule has 0 aliphatic carbocycles. The highest BCUT2D eigenvalue weighted by Crippen LogP contribution is 2.14. The maximum Gasteiger partial charge on any atom is 0.255 e. The van der Waals surface area contributed by atoms with Gasteiger partial charge >= 0.3 is 0 Å². The number of carbonyl (C=O) groups excluding carboxylic acids is 1. The normalized spacial score (nSPS) is 15.3. The van der Waals surface area contributed by atoms with Crippen molar-refractivity contribution in [1.82, 2.24) is 25.6 Å². The van der Waals surface area contributed by atoms with Crippen LogP contribution in [0.5, 0.6) is 5.75 Å². The number of aliphatic imine (C=N–C) groups is 1. The van der Waals surface area contributed by atoms with Gasteiger partial charge in [0.05, 0.1) is 17.8 Å². The van der Waals surface area contributed by atoms with Crippen LogP contribution in [-0.2, 0) is 6.54 Å². The molecule has 3 rings (SSSR count). The van der Waals surface area contributed by atoms with Gasteiger partial charge in [0.1, 0.15) is 12.0 Å². The van der Waals surface area contributed by atoms with Gasteiger partial charge in [-0.1, -0.05) is 17.3 Å². The van der Waals surface area contributed by atoms with Crippen molar-refractivity contribution in [2.24, 2.45) is 4.99 Å². The summed E-state index contributed by atoms with van der Waals surface area (Å²) in [6, 6.07) is 8.39. The molecule has 2 heterocycles. The number of guanidine groups is 1. The minimum atomic E-state index is -0.301. The molecule has 0 saturated carbocycles. The Labute approximate surface area is 170 Å². The second-order valence-corrected chi connectivity index (χ2v) is 6.76. The highest BCUT2D eigenvalue weighted by atomic mass is 16.5. The van der Waals surface area contributed by atoms with E-state index in [2.05, 4.69) is 30.6 Å². The molecule has 1 saturated heterocycles. The van der Waals surface area contributed by atoms with Crippen molar-refractivity contribution in [3.05, 3.63) is 47.9 Å². The number of piperazine rings is 1. The van der Waals surface area contributed by atoms with E-state index in [1.54, 1.807) is 24.5 Å². The Morgan fingerprint density at radius 1 is 1.21 bits per heavy atom. The number of amides is 1. The first-order chi connectivity index (χ1) is 14.2. The molecule has 9 nitrogen and oxygen atoms in total. The molecule has 0 bridgehead atoms. The Hall–Kier alpha value is -3.07. The van der Waals surface area contributed by atoms with Gasteiger partial charge < -0.3 is 25.2 Å². The number of aromatic nitrogens is 1. The third-order valence-electron chi connectivity index (χ3n) is 4.69. The van der Waals surface area contributed by atoms with Crippen LogP contribution in [-0.4, -0.2) is 77.7 Å². The Morgan fingerprint density at radius 2 is 2.00 bits per heavy atom.